The maximum Gasteiger partial charge on any atom is 0.419 e. The molecule has 0 saturated carbocycles. The fourth-order valence-corrected chi connectivity index (χ4v) is 3.36. The predicted octanol–water partition coefficient (Wildman–Crippen LogP) is 6.00. The molecule has 0 amide bonds. The SMILES string of the molecule is C.COC(=O)n1ccnc1CNc1cccc(C)c1C.Cc1cccc(NCc2ncc[nH]2)c1C. The second-order valence-electron chi connectivity index (χ2n) is 7.92. The highest BCUT2D eigenvalue weighted by Crippen LogP contribution is 2.19. The van der Waals surface area contributed by atoms with E-state index >= 15 is 0 Å². The molecule has 186 valence electrons. The van der Waals surface area contributed by atoms with E-state index in [1.54, 1.807) is 18.6 Å². The van der Waals surface area contributed by atoms with Gasteiger partial charge in [0.05, 0.1) is 20.2 Å². The molecule has 0 radical (unpaired) electrons. The summed E-state index contributed by atoms with van der Waals surface area (Å²) in [6.45, 7) is 9.57. The Hall–Kier alpha value is -4.07. The summed E-state index contributed by atoms with van der Waals surface area (Å²) >= 11 is 0. The number of hydrogen-bond acceptors (Lipinski definition) is 6. The molecule has 2 aromatic carbocycles. The summed E-state index contributed by atoms with van der Waals surface area (Å²) in [6, 6.07) is 12.3. The molecule has 0 saturated heterocycles. The second kappa shape index (κ2) is 13.0. The predicted molar refractivity (Wildman–Crippen MR) is 142 cm³/mol. The Morgan fingerprint density at radius 2 is 1.51 bits per heavy atom. The first-order valence-electron chi connectivity index (χ1n) is 11.1. The van der Waals surface area contributed by atoms with Crippen LogP contribution in [0.1, 0.15) is 41.3 Å². The molecular weight excluding hydrogens is 440 g/mol. The van der Waals surface area contributed by atoms with Crippen LogP contribution in [0.15, 0.2) is 61.2 Å². The molecule has 0 aliphatic rings. The first kappa shape index (κ1) is 27.2. The van der Waals surface area contributed by atoms with Gasteiger partial charge in [-0.05, 0) is 62.1 Å². The highest BCUT2D eigenvalue weighted by Gasteiger charge is 2.10. The minimum atomic E-state index is -0.435. The van der Waals surface area contributed by atoms with Crippen LogP contribution in [0, 0.1) is 27.7 Å². The van der Waals surface area contributed by atoms with E-state index in [-0.39, 0.29) is 7.43 Å². The third kappa shape index (κ3) is 7.20. The number of carbonyl (C=O) groups excluding carboxylic acids is 1. The molecule has 0 aliphatic heterocycles. The Balaban J connectivity index is 0.000000246. The van der Waals surface area contributed by atoms with E-state index < -0.39 is 6.09 Å². The molecule has 4 aromatic rings. The van der Waals surface area contributed by atoms with Gasteiger partial charge < -0.3 is 20.4 Å². The van der Waals surface area contributed by atoms with E-state index in [1.807, 2.05) is 18.3 Å². The topological polar surface area (TPSA) is 96.9 Å². The maximum atomic E-state index is 11.5. The van der Waals surface area contributed by atoms with Crippen molar-refractivity contribution < 1.29 is 9.53 Å². The Bertz CT molecular complexity index is 1210. The van der Waals surface area contributed by atoms with Crippen molar-refractivity contribution in [1.82, 2.24) is 19.5 Å². The van der Waals surface area contributed by atoms with E-state index in [9.17, 15) is 4.79 Å². The lowest BCUT2D eigenvalue weighted by Crippen LogP contribution is -2.16. The number of methoxy groups -OCH3 is 1. The number of hydrogen-bond donors (Lipinski definition) is 3. The number of rotatable bonds is 6. The molecule has 2 heterocycles. The van der Waals surface area contributed by atoms with Gasteiger partial charge in [0.2, 0.25) is 0 Å². The summed E-state index contributed by atoms with van der Waals surface area (Å²) in [6.07, 6.45) is 6.33. The fraction of sp³-hybridized carbons (Fsp3) is 0.296. The van der Waals surface area contributed by atoms with Crippen LogP contribution < -0.4 is 10.6 Å². The number of imidazole rings is 2. The summed E-state index contributed by atoms with van der Waals surface area (Å²) in [5.74, 6) is 1.57. The number of nitrogens with one attached hydrogen (secondary N) is 3. The monoisotopic (exact) mass is 476 g/mol. The number of aromatic amines is 1. The molecule has 2 aromatic heterocycles. The number of H-pyrrole nitrogens is 1. The highest BCUT2D eigenvalue weighted by molar-refractivity contribution is 5.71. The summed E-state index contributed by atoms with van der Waals surface area (Å²) < 4.78 is 6.07. The van der Waals surface area contributed by atoms with Gasteiger partial charge in [0, 0.05) is 36.2 Å². The number of benzene rings is 2. The first-order valence-corrected chi connectivity index (χ1v) is 11.1. The molecule has 4 rings (SSSR count). The van der Waals surface area contributed by atoms with Crippen molar-refractivity contribution in [2.75, 3.05) is 17.7 Å². The van der Waals surface area contributed by atoms with Gasteiger partial charge in [-0.25, -0.2) is 19.3 Å². The molecule has 0 atom stereocenters. The van der Waals surface area contributed by atoms with E-state index in [2.05, 4.69) is 82.3 Å². The van der Waals surface area contributed by atoms with E-state index in [0.717, 1.165) is 18.1 Å². The van der Waals surface area contributed by atoms with Crippen LogP contribution >= 0.6 is 0 Å². The minimum Gasteiger partial charge on any atom is -0.452 e. The van der Waals surface area contributed by atoms with Crippen LogP contribution in [0.2, 0.25) is 0 Å². The summed E-state index contributed by atoms with van der Waals surface area (Å²) in [5.41, 5.74) is 7.23. The lowest BCUT2D eigenvalue weighted by Gasteiger charge is -2.11. The lowest BCUT2D eigenvalue weighted by atomic mass is 10.1. The normalized spacial score (nSPS) is 9.97. The van der Waals surface area contributed by atoms with Crippen LogP contribution in [-0.4, -0.2) is 32.7 Å². The van der Waals surface area contributed by atoms with Gasteiger partial charge in [0.1, 0.15) is 11.6 Å². The van der Waals surface area contributed by atoms with Gasteiger partial charge in [-0.15, -0.1) is 0 Å². The quantitative estimate of drug-likeness (QED) is 0.316. The molecule has 0 aliphatic carbocycles. The molecule has 35 heavy (non-hydrogen) atoms. The molecule has 0 bridgehead atoms. The Kier molecular flexibility index (Phi) is 10.1. The van der Waals surface area contributed by atoms with E-state index in [4.69, 9.17) is 0 Å². The average molecular weight is 477 g/mol. The van der Waals surface area contributed by atoms with Crippen molar-refractivity contribution in [3.05, 3.63) is 95.1 Å². The van der Waals surface area contributed by atoms with Crippen molar-refractivity contribution in [3.8, 4) is 0 Å². The standard InChI is InChI=1S/C14H17N3O2.C12H15N3.CH4/c1-10-5-4-6-12(11(10)2)16-9-13-15-7-8-17(13)14(18)19-3;1-9-4-3-5-11(10(9)2)15-8-12-13-6-7-14-12;/h4-8,16H,9H2,1-3H3;3-7,15H,8H2,1-2H3,(H,13,14);1H4. The highest BCUT2D eigenvalue weighted by atomic mass is 16.5. The molecule has 8 nitrogen and oxygen atoms in total. The maximum absolute atomic E-state index is 11.5. The van der Waals surface area contributed by atoms with Gasteiger partial charge in [-0.1, -0.05) is 31.7 Å². The van der Waals surface area contributed by atoms with Crippen molar-refractivity contribution in [1.29, 1.82) is 0 Å². The molecular formula is C27H36N6O2. The summed E-state index contributed by atoms with van der Waals surface area (Å²) in [4.78, 5) is 22.9. The zero-order chi connectivity index (χ0) is 24.5. The fourth-order valence-electron chi connectivity index (χ4n) is 3.36. The zero-order valence-electron chi connectivity index (χ0n) is 20.3. The Labute approximate surface area is 207 Å². The smallest absolute Gasteiger partial charge is 0.419 e. The number of nitrogens with zero attached hydrogens (tertiary/aromatic N) is 3. The number of anilines is 2. The minimum absolute atomic E-state index is 0. The Morgan fingerprint density at radius 1 is 0.914 bits per heavy atom. The number of carbonyl (C=O) groups is 1. The average Bonchev–Trinajstić information content (AvgIpc) is 3.53. The van der Waals surface area contributed by atoms with Gasteiger partial charge in [0.15, 0.2) is 0 Å². The molecule has 0 unspecified atom stereocenters. The second-order valence-corrected chi connectivity index (χ2v) is 7.92. The number of aromatic nitrogens is 4. The van der Waals surface area contributed by atoms with Gasteiger partial charge in [0.25, 0.3) is 0 Å². The van der Waals surface area contributed by atoms with Crippen molar-refractivity contribution in [2.24, 2.45) is 0 Å². The van der Waals surface area contributed by atoms with Crippen LogP contribution in [0.5, 0.6) is 0 Å². The lowest BCUT2D eigenvalue weighted by molar-refractivity contribution is 0.172. The Morgan fingerprint density at radius 3 is 2.06 bits per heavy atom. The van der Waals surface area contributed by atoms with E-state index in [1.165, 1.54) is 39.6 Å². The number of ether oxygens (including phenoxy) is 1. The summed E-state index contributed by atoms with van der Waals surface area (Å²) in [5, 5.41) is 6.65. The largest absolute Gasteiger partial charge is 0.452 e. The third-order valence-corrected chi connectivity index (χ3v) is 5.74. The van der Waals surface area contributed by atoms with Crippen molar-refractivity contribution >= 4 is 17.5 Å². The molecule has 0 fully saturated rings. The molecule has 3 N–H and O–H groups in total. The summed E-state index contributed by atoms with van der Waals surface area (Å²) in [7, 11) is 1.35. The van der Waals surface area contributed by atoms with Crippen molar-refractivity contribution in [3.63, 3.8) is 0 Å². The van der Waals surface area contributed by atoms with Crippen LogP contribution in [0.3, 0.4) is 0 Å². The van der Waals surface area contributed by atoms with Crippen LogP contribution in [0.4, 0.5) is 16.2 Å². The van der Waals surface area contributed by atoms with Crippen molar-refractivity contribution in [2.45, 2.75) is 48.2 Å². The van der Waals surface area contributed by atoms with Crippen LogP contribution in [-0.2, 0) is 17.8 Å². The zero-order valence-corrected chi connectivity index (χ0v) is 20.3. The molecule has 8 heteroatoms. The first-order chi connectivity index (χ1) is 16.4. The third-order valence-electron chi connectivity index (χ3n) is 5.74. The van der Waals surface area contributed by atoms with Gasteiger partial charge >= 0.3 is 6.09 Å². The van der Waals surface area contributed by atoms with Gasteiger partial charge in [-0.2, -0.15) is 0 Å². The van der Waals surface area contributed by atoms with Crippen LogP contribution in [0.25, 0.3) is 0 Å². The number of aryl methyl sites for hydroxylation is 2. The molecule has 0 spiro atoms. The van der Waals surface area contributed by atoms with Gasteiger partial charge in [-0.3, -0.25) is 0 Å². The van der Waals surface area contributed by atoms with E-state index in [0.29, 0.717) is 12.4 Å².